The Kier molecular flexibility index (Phi) is 4.42. The molecule has 94 valence electrons. The van der Waals surface area contributed by atoms with Crippen molar-refractivity contribution < 1.29 is 4.39 Å². The SMILES string of the molecule is CCNCc1ccc(Cc2ccncc2)cc1F. The van der Waals surface area contributed by atoms with Crippen LogP contribution in [-0.2, 0) is 13.0 Å². The van der Waals surface area contributed by atoms with Crippen molar-refractivity contribution >= 4 is 0 Å². The summed E-state index contributed by atoms with van der Waals surface area (Å²) in [6, 6.07) is 9.35. The average Bonchev–Trinajstić information content (AvgIpc) is 2.39. The molecule has 0 atom stereocenters. The molecular formula is C15H17FN2. The molecule has 1 aromatic carbocycles. The maximum absolute atomic E-state index is 13.8. The molecule has 0 aliphatic carbocycles. The largest absolute Gasteiger partial charge is 0.313 e. The van der Waals surface area contributed by atoms with Gasteiger partial charge in [-0.15, -0.1) is 0 Å². The highest BCUT2D eigenvalue weighted by atomic mass is 19.1. The highest BCUT2D eigenvalue weighted by Gasteiger charge is 2.03. The molecule has 3 heteroatoms. The van der Waals surface area contributed by atoms with Gasteiger partial charge in [0.25, 0.3) is 0 Å². The third-order valence-electron chi connectivity index (χ3n) is 2.84. The monoisotopic (exact) mass is 244 g/mol. The Morgan fingerprint density at radius 1 is 1.11 bits per heavy atom. The molecule has 0 spiro atoms. The second kappa shape index (κ2) is 6.26. The van der Waals surface area contributed by atoms with Crippen LogP contribution in [0.2, 0.25) is 0 Å². The number of nitrogens with one attached hydrogen (secondary N) is 1. The predicted octanol–water partition coefficient (Wildman–Crippen LogP) is 2.92. The van der Waals surface area contributed by atoms with Crippen LogP contribution in [-0.4, -0.2) is 11.5 Å². The zero-order chi connectivity index (χ0) is 12.8. The molecule has 0 aliphatic rings. The molecule has 0 aliphatic heterocycles. The molecule has 2 rings (SSSR count). The van der Waals surface area contributed by atoms with Crippen LogP contribution in [0.3, 0.4) is 0 Å². The van der Waals surface area contributed by atoms with Crippen molar-refractivity contribution in [3.8, 4) is 0 Å². The fourth-order valence-electron chi connectivity index (χ4n) is 1.84. The Morgan fingerprint density at radius 3 is 2.56 bits per heavy atom. The molecular weight excluding hydrogens is 227 g/mol. The number of pyridine rings is 1. The van der Waals surface area contributed by atoms with E-state index >= 15 is 0 Å². The fourth-order valence-corrected chi connectivity index (χ4v) is 1.84. The first-order valence-electron chi connectivity index (χ1n) is 6.16. The van der Waals surface area contributed by atoms with E-state index in [1.807, 2.05) is 31.2 Å². The van der Waals surface area contributed by atoms with Crippen LogP contribution >= 0.6 is 0 Å². The molecule has 0 fully saturated rings. The third-order valence-corrected chi connectivity index (χ3v) is 2.84. The zero-order valence-electron chi connectivity index (χ0n) is 10.5. The lowest BCUT2D eigenvalue weighted by Crippen LogP contribution is -2.13. The smallest absolute Gasteiger partial charge is 0.127 e. The second-order valence-corrected chi connectivity index (χ2v) is 4.24. The minimum absolute atomic E-state index is 0.137. The van der Waals surface area contributed by atoms with E-state index < -0.39 is 0 Å². The van der Waals surface area contributed by atoms with Crippen molar-refractivity contribution in [3.63, 3.8) is 0 Å². The molecule has 0 unspecified atom stereocenters. The summed E-state index contributed by atoms with van der Waals surface area (Å²) in [5, 5.41) is 3.13. The molecule has 2 aromatic rings. The molecule has 0 saturated carbocycles. The predicted molar refractivity (Wildman–Crippen MR) is 70.8 cm³/mol. The van der Waals surface area contributed by atoms with E-state index in [0.29, 0.717) is 6.54 Å². The molecule has 2 nitrogen and oxygen atoms in total. The van der Waals surface area contributed by atoms with E-state index in [0.717, 1.165) is 29.7 Å². The second-order valence-electron chi connectivity index (χ2n) is 4.24. The lowest BCUT2D eigenvalue weighted by molar-refractivity contribution is 0.592. The van der Waals surface area contributed by atoms with Crippen molar-refractivity contribution in [2.24, 2.45) is 0 Å². The lowest BCUT2D eigenvalue weighted by atomic mass is 10.0. The van der Waals surface area contributed by atoms with Gasteiger partial charge in [-0.1, -0.05) is 19.1 Å². The Morgan fingerprint density at radius 2 is 1.89 bits per heavy atom. The topological polar surface area (TPSA) is 24.9 Å². The highest BCUT2D eigenvalue weighted by Crippen LogP contribution is 2.14. The van der Waals surface area contributed by atoms with Gasteiger partial charge >= 0.3 is 0 Å². The van der Waals surface area contributed by atoms with Gasteiger partial charge in [0.2, 0.25) is 0 Å². The van der Waals surface area contributed by atoms with E-state index in [2.05, 4.69) is 10.3 Å². The van der Waals surface area contributed by atoms with Gasteiger partial charge in [-0.25, -0.2) is 4.39 Å². The van der Waals surface area contributed by atoms with Gasteiger partial charge in [0.05, 0.1) is 0 Å². The quantitative estimate of drug-likeness (QED) is 0.874. The Hall–Kier alpha value is -1.74. The number of benzene rings is 1. The van der Waals surface area contributed by atoms with Crippen LogP contribution in [0.5, 0.6) is 0 Å². The van der Waals surface area contributed by atoms with Gasteiger partial charge < -0.3 is 5.32 Å². The standard InChI is InChI=1S/C15H17FN2/c1-2-17-11-14-4-3-13(10-15(14)16)9-12-5-7-18-8-6-12/h3-8,10,17H,2,9,11H2,1H3. The van der Waals surface area contributed by atoms with E-state index in [9.17, 15) is 4.39 Å². The molecule has 0 saturated heterocycles. The number of hydrogen-bond donors (Lipinski definition) is 1. The van der Waals surface area contributed by atoms with Gasteiger partial charge in [-0.05, 0) is 42.3 Å². The number of rotatable bonds is 5. The average molecular weight is 244 g/mol. The summed E-state index contributed by atoms with van der Waals surface area (Å²) in [5.41, 5.74) is 2.85. The molecule has 0 amide bonds. The van der Waals surface area contributed by atoms with Crippen molar-refractivity contribution in [1.29, 1.82) is 0 Å². The van der Waals surface area contributed by atoms with E-state index in [1.165, 1.54) is 0 Å². The molecule has 1 heterocycles. The maximum Gasteiger partial charge on any atom is 0.127 e. The van der Waals surface area contributed by atoms with Crippen LogP contribution in [0.25, 0.3) is 0 Å². The van der Waals surface area contributed by atoms with Crippen molar-refractivity contribution in [2.75, 3.05) is 6.54 Å². The summed E-state index contributed by atoms with van der Waals surface area (Å²) in [5.74, 6) is -0.137. The summed E-state index contributed by atoms with van der Waals surface area (Å²) in [7, 11) is 0. The van der Waals surface area contributed by atoms with Gasteiger partial charge in [0.15, 0.2) is 0 Å². The van der Waals surface area contributed by atoms with Crippen LogP contribution < -0.4 is 5.32 Å². The molecule has 1 N–H and O–H groups in total. The molecule has 1 aromatic heterocycles. The number of hydrogen-bond acceptors (Lipinski definition) is 2. The summed E-state index contributed by atoms with van der Waals surface area (Å²) in [4.78, 5) is 3.97. The van der Waals surface area contributed by atoms with Crippen molar-refractivity contribution in [3.05, 3.63) is 65.2 Å². The van der Waals surface area contributed by atoms with E-state index in [4.69, 9.17) is 0 Å². The first kappa shape index (κ1) is 12.7. The van der Waals surface area contributed by atoms with Crippen molar-refractivity contribution in [2.45, 2.75) is 19.9 Å². The Balaban J connectivity index is 2.09. The Bertz CT molecular complexity index is 497. The van der Waals surface area contributed by atoms with Crippen LogP contribution in [0.15, 0.2) is 42.7 Å². The molecule has 0 bridgehead atoms. The summed E-state index contributed by atoms with van der Waals surface area (Å²) in [6.45, 7) is 3.44. The highest BCUT2D eigenvalue weighted by molar-refractivity contribution is 5.29. The fraction of sp³-hybridized carbons (Fsp3) is 0.267. The van der Waals surface area contributed by atoms with Gasteiger partial charge in [0, 0.05) is 24.5 Å². The third kappa shape index (κ3) is 3.37. The van der Waals surface area contributed by atoms with Gasteiger partial charge in [0.1, 0.15) is 5.82 Å². The molecule has 18 heavy (non-hydrogen) atoms. The minimum Gasteiger partial charge on any atom is -0.313 e. The normalized spacial score (nSPS) is 10.6. The zero-order valence-corrected chi connectivity index (χ0v) is 10.5. The number of aromatic nitrogens is 1. The van der Waals surface area contributed by atoms with Gasteiger partial charge in [-0.3, -0.25) is 4.98 Å². The summed E-state index contributed by atoms with van der Waals surface area (Å²) >= 11 is 0. The van der Waals surface area contributed by atoms with Gasteiger partial charge in [-0.2, -0.15) is 0 Å². The first-order valence-corrected chi connectivity index (χ1v) is 6.16. The first-order chi connectivity index (χ1) is 8.79. The van der Waals surface area contributed by atoms with Crippen LogP contribution in [0, 0.1) is 5.82 Å². The number of nitrogens with zero attached hydrogens (tertiary/aromatic N) is 1. The lowest BCUT2D eigenvalue weighted by Gasteiger charge is -2.07. The van der Waals surface area contributed by atoms with Crippen LogP contribution in [0.4, 0.5) is 4.39 Å². The minimum atomic E-state index is -0.137. The maximum atomic E-state index is 13.8. The molecule has 0 radical (unpaired) electrons. The Labute approximate surface area is 107 Å². The van der Waals surface area contributed by atoms with Crippen molar-refractivity contribution in [1.82, 2.24) is 10.3 Å². The summed E-state index contributed by atoms with van der Waals surface area (Å²) < 4.78 is 13.8. The van der Waals surface area contributed by atoms with E-state index in [1.54, 1.807) is 18.5 Å². The number of halogens is 1. The van der Waals surface area contributed by atoms with Crippen LogP contribution in [0.1, 0.15) is 23.6 Å². The van der Waals surface area contributed by atoms with E-state index in [-0.39, 0.29) is 5.82 Å². The summed E-state index contributed by atoms with van der Waals surface area (Å²) in [6.07, 6.45) is 4.25.